The minimum Gasteiger partial charge on any atom is -0.439 e. The van der Waals surface area contributed by atoms with Crippen LogP contribution in [0, 0.1) is 6.92 Å². The Labute approximate surface area is 203 Å². The molecule has 0 fully saturated rings. The average Bonchev–Trinajstić information content (AvgIpc) is 3.37. The summed E-state index contributed by atoms with van der Waals surface area (Å²) in [7, 11) is 1.96. The fourth-order valence-corrected chi connectivity index (χ4v) is 4.67. The van der Waals surface area contributed by atoms with Crippen LogP contribution in [0.15, 0.2) is 67.5 Å². The van der Waals surface area contributed by atoms with Crippen LogP contribution in [0.1, 0.15) is 18.3 Å². The smallest absolute Gasteiger partial charge is 0.246 e. The molecule has 3 aromatic heterocycles. The van der Waals surface area contributed by atoms with Crippen LogP contribution < -0.4 is 10.5 Å². The van der Waals surface area contributed by atoms with E-state index in [0.717, 1.165) is 39.1 Å². The second-order valence-electron chi connectivity index (χ2n) is 8.51. The summed E-state index contributed by atoms with van der Waals surface area (Å²) in [4.78, 5) is 27.3. The molecule has 0 saturated heterocycles. The average molecular weight is 467 g/mol. The van der Waals surface area contributed by atoms with Crippen LogP contribution in [0.4, 0.5) is 5.82 Å². The molecule has 0 unspecified atom stereocenters. The standard InChI is InChI=1S/C27H26N6O2/c1-5-22(34)33-14-13-20(17(33)3)25-23(24-26(28)29-15-30-27(24)32(25)4)18-9-11-19(12-10-18)35-21-8-6-7-16(2)31-21/h5-13,15,17H,1,14H2,2-4H3,(H2,28,29,30)/t17-/m1/s1. The normalized spacial score (nSPS) is 15.3. The third-order valence-corrected chi connectivity index (χ3v) is 6.38. The zero-order valence-electron chi connectivity index (χ0n) is 19.9. The molecule has 0 radical (unpaired) electrons. The van der Waals surface area contributed by atoms with Crippen LogP contribution in [0.5, 0.6) is 11.6 Å². The second kappa shape index (κ2) is 8.72. The number of benzene rings is 1. The molecule has 8 heteroatoms. The van der Waals surface area contributed by atoms with E-state index >= 15 is 0 Å². The molecule has 4 heterocycles. The van der Waals surface area contributed by atoms with Gasteiger partial charge in [-0.3, -0.25) is 4.79 Å². The van der Waals surface area contributed by atoms with Gasteiger partial charge in [0.1, 0.15) is 23.5 Å². The summed E-state index contributed by atoms with van der Waals surface area (Å²) in [6.07, 6.45) is 4.90. The number of carbonyl (C=O) groups is 1. The second-order valence-corrected chi connectivity index (χ2v) is 8.51. The number of hydrogen-bond acceptors (Lipinski definition) is 6. The number of nitrogens with two attached hydrogens (primary N) is 1. The molecule has 2 N–H and O–H groups in total. The third kappa shape index (κ3) is 3.82. The Hall–Kier alpha value is -4.46. The van der Waals surface area contributed by atoms with Gasteiger partial charge in [0, 0.05) is 30.9 Å². The molecule has 1 atom stereocenters. The molecule has 1 aliphatic heterocycles. The molecule has 1 amide bonds. The van der Waals surface area contributed by atoms with E-state index in [1.54, 1.807) is 4.90 Å². The number of anilines is 1. The molecule has 0 saturated carbocycles. The van der Waals surface area contributed by atoms with Crippen molar-refractivity contribution in [1.29, 1.82) is 0 Å². The number of aryl methyl sites for hydroxylation is 2. The van der Waals surface area contributed by atoms with Crippen LogP contribution in [0.25, 0.3) is 27.7 Å². The summed E-state index contributed by atoms with van der Waals surface area (Å²) in [5.74, 6) is 1.52. The Kier molecular flexibility index (Phi) is 5.56. The monoisotopic (exact) mass is 466 g/mol. The lowest BCUT2D eigenvalue weighted by atomic mass is 9.96. The number of nitrogens with zero attached hydrogens (tertiary/aromatic N) is 5. The van der Waals surface area contributed by atoms with Gasteiger partial charge in [-0.15, -0.1) is 0 Å². The summed E-state index contributed by atoms with van der Waals surface area (Å²) >= 11 is 0. The van der Waals surface area contributed by atoms with Crippen LogP contribution in [0.3, 0.4) is 0 Å². The van der Waals surface area contributed by atoms with E-state index in [-0.39, 0.29) is 11.9 Å². The van der Waals surface area contributed by atoms with Gasteiger partial charge in [0.05, 0.1) is 17.1 Å². The summed E-state index contributed by atoms with van der Waals surface area (Å²) in [5, 5.41) is 0.778. The number of pyridine rings is 1. The highest BCUT2D eigenvalue weighted by molar-refractivity contribution is 6.06. The highest BCUT2D eigenvalue weighted by Gasteiger charge is 2.32. The highest BCUT2D eigenvalue weighted by Crippen LogP contribution is 2.42. The molecule has 0 aliphatic carbocycles. The molecular weight excluding hydrogens is 440 g/mol. The van der Waals surface area contributed by atoms with Gasteiger partial charge in [0.2, 0.25) is 11.8 Å². The van der Waals surface area contributed by atoms with Gasteiger partial charge in [-0.1, -0.05) is 30.9 Å². The van der Waals surface area contributed by atoms with Crippen molar-refractivity contribution in [3.05, 3.63) is 78.9 Å². The van der Waals surface area contributed by atoms with E-state index in [0.29, 0.717) is 24.0 Å². The van der Waals surface area contributed by atoms with Crippen molar-refractivity contribution in [1.82, 2.24) is 24.4 Å². The Balaban J connectivity index is 1.61. The maximum Gasteiger partial charge on any atom is 0.246 e. The van der Waals surface area contributed by atoms with Crippen molar-refractivity contribution in [2.24, 2.45) is 7.05 Å². The molecule has 8 nitrogen and oxygen atoms in total. The number of fused-ring (bicyclic) bond motifs is 1. The number of rotatable bonds is 5. The lowest BCUT2D eigenvalue weighted by Gasteiger charge is -2.23. The van der Waals surface area contributed by atoms with E-state index in [1.165, 1.54) is 12.4 Å². The van der Waals surface area contributed by atoms with E-state index in [9.17, 15) is 4.79 Å². The lowest BCUT2D eigenvalue weighted by molar-refractivity contribution is -0.126. The lowest BCUT2D eigenvalue weighted by Crippen LogP contribution is -2.34. The molecule has 0 bridgehead atoms. The van der Waals surface area contributed by atoms with Crippen LogP contribution >= 0.6 is 0 Å². The molecular formula is C27H26N6O2. The summed E-state index contributed by atoms with van der Waals surface area (Å²) < 4.78 is 7.96. The van der Waals surface area contributed by atoms with E-state index in [1.807, 2.05) is 67.9 Å². The Morgan fingerprint density at radius 3 is 2.69 bits per heavy atom. The predicted octanol–water partition coefficient (Wildman–Crippen LogP) is 4.51. The predicted molar refractivity (Wildman–Crippen MR) is 137 cm³/mol. The summed E-state index contributed by atoms with van der Waals surface area (Å²) in [5.41, 5.74) is 11.8. The number of amides is 1. The molecule has 35 heavy (non-hydrogen) atoms. The number of carbonyl (C=O) groups excluding carboxylic acids is 1. The Morgan fingerprint density at radius 2 is 1.97 bits per heavy atom. The first-order chi connectivity index (χ1) is 16.9. The van der Waals surface area contributed by atoms with E-state index in [2.05, 4.69) is 27.6 Å². The van der Waals surface area contributed by atoms with Crippen molar-refractivity contribution in [2.45, 2.75) is 19.9 Å². The van der Waals surface area contributed by atoms with Crippen molar-refractivity contribution in [3.8, 4) is 22.8 Å². The summed E-state index contributed by atoms with van der Waals surface area (Å²) in [6, 6.07) is 13.3. The molecule has 0 spiro atoms. The molecule has 176 valence electrons. The third-order valence-electron chi connectivity index (χ3n) is 6.38. The minimum atomic E-state index is -0.133. The van der Waals surface area contributed by atoms with Crippen molar-refractivity contribution in [3.63, 3.8) is 0 Å². The Morgan fingerprint density at radius 1 is 1.20 bits per heavy atom. The van der Waals surface area contributed by atoms with Crippen LogP contribution in [-0.4, -0.2) is 42.9 Å². The van der Waals surface area contributed by atoms with Crippen LogP contribution in [-0.2, 0) is 11.8 Å². The fourth-order valence-electron chi connectivity index (χ4n) is 4.67. The maximum absolute atomic E-state index is 12.4. The first-order valence-electron chi connectivity index (χ1n) is 11.3. The van der Waals surface area contributed by atoms with Gasteiger partial charge in [0.15, 0.2) is 0 Å². The molecule has 4 aromatic rings. The molecule has 5 rings (SSSR count). The first kappa shape index (κ1) is 22.3. The largest absolute Gasteiger partial charge is 0.439 e. The maximum atomic E-state index is 12.4. The van der Waals surface area contributed by atoms with Gasteiger partial charge in [-0.25, -0.2) is 15.0 Å². The SMILES string of the molecule is C=CC(=O)N1CC=C(c2c(-c3ccc(Oc4cccc(C)n4)cc3)c3c(N)ncnc3n2C)[C@H]1C. The van der Waals surface area contributed by atoms with Crippen molar-refractivity contribution in [2.75, 3.05) is 12.3 Å². The van der Waals surface area contributed by atoms with Gasteiger partial charge in [-0.2, -0.15) is 0 Å². The molecule has 1 aliphatic rings. The topological polar surface area (TPSA) is 99.2 Å². The zero-order chi connectivity index (χ0) is 24.7. The quantitative estimate of drug-likeness (QED) is 0.435. The number of ether oxygens (including phenoxy) is 1. The Bertz CT molecular complexity index is 1490. The van der Waals surface area contributed by atoms with Gasteiger partial charge < -0.3 is 19.9 Å². The first-order valence-corrected chi connectivity index (χ1v) is 11.3. The van der Waals surface area contributed by atoms with E-state index < -0.39 is 0 Å². The van der Waals surface area contributed by atoms with Crippen molar-refractivity contribution < 1.29 is 9.53 Å². The number of aromatic nitrogens is 4. The van der Waals surface area contributed by atoms with Crippen molar-refractivity contribution >= 4 is 28.3 Å². The van der Waals surface area contributed by atoms with E-state index in [4.69, 9.17) is 10.5 Å². The zero-order valence-corrected chi connectivity index (χ0v) is 19.9. The van der Waals surface area contributed by atoms with Crippen LogP contribution in [0.2, 0.25) is 0 Å². The molecule has 1 aromatic carbocycles. The van der Waals surface area contributed by atoms with Gasteiger partial charge >= 0.3 is 0 Å². The van der Waals surface area contributed by atoms with Gasteiger partial charge in [0.25, 0.3) is 0 Å². The minimum absolute atomic E-state index is 0.102. The highest BCUT2D eigenvalue weighted by atomic mass is 16.5. The summed E-state index contributed by atoms with van der Waals surface area (Å²) in [6.45, 7) is 8.09. The number of nitrogen functional groups attached to an aromatic ring is 1. The van der Waals surface area contributed by atoms with Gasteiger partial charge in [-0.05, 0) is 49.3 Å². The number of hydrogen-bond donors (Lipinski definition) is 1. The fraction of sp³-hybridized carbons (Fsp3) is 0.185.